The van der Waals surface area contributed by atoms with Gasteiger partial charge in [-0.05, 0) is 0 Å². The van der Waals surface area contributed by atoms with E-state index >= 15 is 0 Å². The van der Waals surface area contributed by atoms with Crippen molar-refractivity contribution >= 4 is 0 Å². The van der Waals surface area contributed by atoms with E-state index < -0.39 is 12.3 Å². The Kier molecular flexibility index (Phi) is 1.97. The average molecular weight is 136 g/mol. The molecule has 2 atom stereocenters. The van der Waals surface area contributed by atoms with Crippen LogP contribution >= 0.6 is 0 Å². The van der Waals surface area contributed by atoms with Crippen LogP contribution in [0.4, 0.5) is 8.78 Å². The number of rotatable bonds is 1. The Bertz CT molecular complexity index is 97.0. The molecule has 0 aromatic carbocycles. The van der Waals surface area contributed by atoms with Gasteiger partial charge in [-0.15, -0.1) is 0 Å². The van der Waals surface area contributed by atoms with Crippen molar-refractivity contribution in [2.75, 3.05) is 13.1 Å². The van der Waals surface area contributed by atoms with E-state index in [-0.39, 0.29) is 6.04 Å². The predicted octanol–water partition coefficient (Wildman–Crippen LogP) is -0.202. The molecule has 0 aromatic heterocycles. The molecule has 0 aromatic rings. The largest absolute Gasteiger partial charge is 0.326 e. The van der Waals surface area contributed by atoms with Crippen LogP contribution in [0.2, 0.25) is 0 Å². The van der Waals surface area contributed by atoms with Gasteiger partial charge in [0.25, 0.3) is 0 Å². The van der Waals surface area contributed by atoms with E-state index in [0.29, 0.717) is 13.1 Å². The van der Waals surface area contributed by atoms with Crippen LogP contribution in [-0.2, 0) is 0 Å². The van der Waals surface area contributed by atoms with Crippen LogP contribution in [-0.4, -0.2) is 25.6 Å². The van der Waals surface area contributed by atoms with Gasteiger partial charge in [0.05, 0.1) is 0 Å². The Labute approximate surface area is 52.4 Å². The smallest absolute Gasteiger partial charge is 0.244 e. The lowest BCUT2D eigenvalue weighted by Crippen LogP contribution is -2.33. The zero-order valence-corrected chi connectivity index (χ0v) is 4.98. The number of halogens is 2. The lowest BCUT2D eigenvalue weighted by Gasteiger charge is -2.11. The van der Waals surface area contributed by atoms with Gasteiger partial charge in [-0.2, -0.15) is 0 Å². The summed E-state index contributed by atoms with van der Waals surface area (Å²) in [5.41, 5.74) is 5.34. The Balaban J connectivity index is 2.40. The molecule has 1 fully saturated rings. The summed E-state index contributed by atoms with van der Waals surface area (Å²) in [5, 5.41) is 2.80. The summed E-state index contributed by atoms with van der Waals surface area (Å²) in [5.74, 6) is -0.634. The minimum Gasteiger partial charge on any atom is -0.326 e. The van der Waals surface area contributed by atoms with Crippen molar-refractivity contribution in [1.29, 1.82) is 0 Å². The van der Waals surface area contributed by atoms with Crippen molar-refractivity contribution in [2.24, 2.45) is 11.7 Å². The van der Waals surface area contributed by atoms with Crippen molar-refractivity contribution in [2.45, 2.75) is 12.5 Å². The summed E-state index contributed by atoms with van der Waals surface area (Å²) < 4.78 is 23.7. The maximum absolute atomic E-state index is 11.9. The van der Waals surface area contributed by atoms with Crippen LogP contribution in [0.15, 0.2) is 0 Å². The SMILES string of the molecule is N[C@@H]1CNC[C@H]1C(F)F. The first-order chi connectivity index (χ1) is 4.22. The molecule has 3 N–H and O–H groups in total. The van der Waals surface area contributed by atoms with Gasteiger partial charge in [0.1, 0.15) is 0 Å². The second-order valence-corrected chi connectivity index (χ2v) is 2.32. The van der Waals surface area contributed by atoms with Crippen LogP contribution in [0.25, 0.3) is 0 Å². The quantitative estimate of drug-likeness (QED) is 0.524. The number of hydrogen-bond acceptors (Lipinski definition) is 2. The van der Waals surface area contributed by atoms with E-state index in [1.807, 2.05) is 0 Å². The second kappa shape index (κ2) is 2.58. The minimum atomic E-state index is -2.27. The van der Waals surface area contributed by atoms with Gasteiger partial charge in [0, 0.05) is 25.0 Å². The van der Waals surface area contributed by atoms with E-state index in [0.717, 1.165) is 0 Å². The monoisotopic (exact) mass is 136 g/mol. The van der Waals surface area contributed by atoms with Gasteiger partial charge in [-0.3, -0.25) is 0 Å². The molecule has 0 aliphatic carbocycles. The van der Waals surface area contributed by atoms with Crippen LogP contribution in [0, 0.1) is 5.92 Å². The minimum absolute atomic E-state index is 0.356. The normalized spacial score (nSPS) is 36.0. The van der Waals surface area contributed by atoms with Gasteiger partial charge < -0.3 is 11.1 Å². The van der Waals surface area contributed by atoms with E-state index in [4.69, 9.17) is 5.73 Å². The van der Waals surface area contributed by atoms with Gasteiger partial charge in [0.2, 0.25) is 6.43 Å². The van der Waals surface area contributed by atoms with Crippen LogP contribution in [0.3, 0.4) is 0 Å². The molecule has 9 heavy (non-hydrogen) atoms. The third-order valence-electron chi connectivity index (χ3n) is 1.63. The molecule has 1 rings (SSSR count). The van der Waals surface area contributed by atoms with Crippen LogP contribution < -0.4 is 11.1 Å². The lowest BCUT2D eigenvalue weighted by molar-refractivity contribution is 0.0798. The van der Waals surface area contributed by atoms with E-state index in [2.05, 4.69) is 5.32 Å². The Morgan fingerprint density at radius 1 is 1.44 bits per heavy atom. The Morgan fingerprint density at radius 3 is 2.33 bits per heavy atom. The van der Waals surface area contributed by atoms with Crippen LogP contribution in [0.5, 0.6) is 0 Å². The van der Waals surface area contributed by atoms with Crippen molar-refractivity contribution < 1.29 is 8.78 Å². The molecule has 1 aliphatic heterocycles. The summed E-state index contributed by atoms with van der Waals surface area (Å²) in [7, 11) is 0. The van der Waals surface area contributed by atoms with Gasteiger partial charge >= 0.3 is 0 Å². The van der Waals surface area contributed by atoms with Crippen molar-refractivity contribution in [3.63, 3.8) is 0 Å². The zero-order valence-electron chi connectivity index (χ0n) is 4.98. The first kappa shape index (κ1) is 6.89. The molecule has 0 spiro atoms. The summed E-state index contributed by atoms with van der Waals surface area (Å²) in [6.07, 6.45) is -2.27. The second-order valence-electron chi connectivity index (χ2n) is 2.32. The first-order valence-electron chi connectivity index (χ1n) is 2.96. The molecule has 54 valence electrons. The van der Waals surface area contributed by atoms with Gasteiger partial charge in [-0.1, -0.05) is 0 Å². The maximum Gasteiger partial charge on any atom is 0.244 e. The number of alkyl halides is 2. The summed E-state index contributed by atoms with van der Waals surface area (Å²) in [6.45, 7) is 0.883. The van der Waals surface area contributed by atoms with Gasteiger partial charge in [-0.25, -0.2) is 8.78 Å². The highest BCUT2D eigenvalue weighted by atomic mass is 19.3. The molecule has 1 heterocycles. The molecule has 2 nitrogen and oxygen atoms in total. The molecular weight excluding hydrogens is 126 g/mol. The summed E-state index contributed by atoms with van der Waals surface area (Å²) in [6, 6.07) is -0.356. The van der Waals surface area contributed by atoms with Crippen LogP contribution in [0.1, 0.15) is 0 Å². The molecule has 0 unspecified atom stereocenters. The molecule has 4 heteroatoms. The first-order valence-corrected chi connectivity index (χ1v) is 2.96. The lowest BCUT2D eigenvalue weighted by atomic mass is 10.1. The van der Waals surface area contributed by atoms with E-state index in [1.165, 1.54) is 0 Å². The highest BCUT2D eigenvalue weighted by molar-refractivity contribution is 4.84. The van der Waals surface area contributed by atoms with E-state index in [1.54, 1.807) is 0 Å². The fourth-order valence-electron chi connectivity index (χ4n) is 0.995. The molecule has 0 bridgehead atoms. The average Bonchev–Trinajstić information content (AvgIpc) is 2.13. The number of nitrogens with two attached hydrogens (primary N) is 1. The standard InChI is InChI=1S/C5H10F2N2/c6-5(7)3-1-9-2-4(3)8/h3-5,9H,1-2,8H2/t3-,4-/m1/s1. The highest BCUT2D eigenvalue weighted by Crippen LogP contribution is 2.15. The summed E-state index contributed by atoms with van der Waals surface area (Å²) >= 11 is 0. The van der Waals surface area contributed by atoms with Crippen molar-refractivity contribution in [1.82, 2.24) is 5.32 Å². The number of nitrogens with one attached hydrogen (secondary N) is 1. The van der Waals surface area contributed by atoms with E-state index in [9.17, 15) is 8.78 Å². The third kappa shape index (κ3) is 1.37. The fraction of sp³-hybridized carbons (Fsp3) is 1.00. The fourth-order valence-corrected chi connectivity index (χ4v) is 0.995. The number of hydrogen-bond donors (Lipinski definition) is 2. The molecule has 1 aliphatic rings. The molecule has 0 amide bonds. The molecular formula is C5H10F2N2. The topological polar surface area (TPSA) is 38.0 Å². The Morgan fingerprint density at radius 2 is 2.11 bits per heavy atom. The van der Waals surface area contributed by atoms with Crippen molar-refractivity contribution in [3.8, 4) is 0 Å². The summed E-state index contributed by atoms with van der Waals surface area (Å²) in [4.78, 5) is 0. The molecule has 0 radical (unpaired) electrons. The van der Waals surface area contributed by atoms with Gasteiger partial charge in [0.15, 0.2) is 0 Å². The predicted molar refractivity (Wildman–Crippen MR) is 30.3 cm³/mol. The molecule has 0 saturated carbocycles. The zero-order chi connectivity index (χ0) is 6.85. The molecule has 1 saturated heterocycles. The third-order valence-corrected chi connectivity index (χ3v) is 1.63. The Hall–Kier alpha value is -0.220. The highest BCUT2D eigenvalue weighted by Gasteiger charge is 2.30. The van der Waals surface area contributed by atoms with Crippen molar-refractivity contribution in [3.05, 3.63) is 0 Å². The maximum atomic E-state index is 11.9.